The zero-order chi connectivity index (χ0) is 12.8. The monoisotopic (exact) mass is 237 g/mol. The lowest BCUT2D eigenvalue weighted by Crippen LogP contribution is -2.19. The van der Waals surface area contributed by atoms with Crippen molar-refractivity contribution in [2.75, 3.05) is 5.32 Å². The van der Waals surface area contributed by atoms with Gasteiger partial charge in [-0.1, -0.05) is 20.8 Å². The number of aliphatic hydroxyl groups is 1. The normalized spacial score (nSPS) is 16.6. The Morgan fingerprint density at radius 1 is 1.41 bits per heavy atom. The van der Waals surface area contributed by atoms with E-state index in [4.69, 9.17) is 0 Å². The van der Waals surface area contributed by atoms with Crippen LogP contribution in [0.5, 0.6) is 0 Å². The minimum absolute atomic E-state index is 0.159. The number of nitrogens with one attached hydrogen (secondary N) is 1. The maximum atomic E-state index is 13.4. The third-order valence-corrected chi connectivity index (χ3v) is 2.95. The molecule has 0 bridgehead atoms. The molecule has 1 unspecified atom stereocenters. The fourth-order valence-electron chi connectivity index (χ4n) is 2.02. The molecule has 1 aromatic rings. The zero-order valence-corrected chi connectivity index (χ0v) is 10.2. The lowest BCUT2D eigenvalue weighted by atomic mass is 9.83. The van der Waals surface area contributed by atoms with Gasteiger partial charge in [0, 0.05) is 5.56 Å². The quantitative estimate of drug-likeness (QED) is 0.788. The molecule has 1 aliphatic heterocycles. The van der Waals surface area contributed by atoms with E-state index < -0.39 is 17.3 Å². The Balaban J connectivity index is 2.52. The van der Waals surface area contributed by atoms with Crippen molar-refractivity contribution < 1.29 is 14.3 Å². The molecule has 0 saturated heterocycles. The van der Waals surface area contributed by atoms with Crippen LogP contribution in [0.3, 0.4) is 0 Å². The van der Waals surface area contributed by atoms with Crippen molar-refractivity contribution in [2.45, 2.75) is 33.3 Å². The predicted octanol–water partition coefficient (Wildman–Crippen LogP) is 2.40. The van der Waals surface area contributed by atoms with Gasteiger partial charge in [-0.25, -0.2) is 4.39 Å². The van der Waals surface area contributed by atoms with E-state index >= 15 is 0 Å². The first-order valence-corrected chi connectivity index (χ1v) is 5.59. The van der Waals surface area contributed by atoms with E-state index in [1.807, 2.05) is 20.8 Å². The van der Waals surface area contributed by atoms with Crippen LogP contribution in [0.4, 0.5) is 10.1 Å². The first-order chi connectivity index (χ1) is 7.79. The second-order valence-corrected chi connectivity index (χ2v) is 5.52. The van der Waals surface area contributed by atoms with Crippen molar-refractivity contribution in [2.24, 2.45) is 5.41 Å². The molecule has 2 N–H and O–H groups in total. The summed E-state index contributed by atoms with van der Waals surface area (Å²) in [5, 5.41) is 12.9. The highest BCUT2D eigenvalue weighted by molar-refractivity contribution is 6.00. The molecule has 92 valence electrons. The van der Waals surface area contributed by atoms with Crippen molar-refractivity contribution in [3.05, 3.63) is 29.1 Å². The van der Waals surface area contributed by atoms with E-state index in [1.54, 1.807) is 0 Å². The Bertz CT molecular complexity index is 477. The molecule has 4 heteroatoms. The average molecular weight is 237 g/mol. The van der Waals surface area contributed by atoms with Crippen molar-refractivity contribution in [3.8, 4) is 0 Å². The molecular formula is C13H16FNO2. The number of halogens is 1. The van der Waals surface area contributed by atoms with Crippen LogP contribution in [0.2, 0.25) is 0 Å². The van der Waals surface area contributed by atoms with E-state index in [1.165, 1.54) is 12.1 Å². The molecule has 0 saturated carbocycles. The van der Waals surface area contributed by atoms with Crippen LogP contribution >= 0.6 is 0 Å². The third kappa shape index (κ3) is 2.17. The summed E-state index contributed by atoms with van der Waals surface area (Å²) in [4.78, 5) is 11.3. The van der Waals surface area contributed by atoms with Gasteiger partial charge in [0.25, 0.3) is 0 Å². The van der Waals surface area contributed by atoms with Crippen LogP contribution in [0.1, 0.15) is 38.0 Å². The van der Waals surface area contributed by atoms with Gasteiger partial charge in [-0.3, -0.25) is 4.79 Å². The molecule has 0 aliphatic carbocycles. The summed E-state index contributed by atoms with van der Waals surface area (Å²) in [6.07, 6.45) is -0.637. The van der Waals surface area contributed by atoms with Gasteiger partial charge in [0.2, 0.25) is 5.91 Å². The average Bonchev–Trinajstić information content (AvgIpc) is 2.54. The highest BCUT2D eigenvalue weighted by Gasteiger charge is 2.30. The lowest BCUT2D eigenvalue weighted by molar-refractivity contribution is -0.115. The number of aliphatic hydroxyl groups excluding tert-OH is 1. The molecule has 0 aromatic heterocycles. The van der Waals surface area contributed by atoms with Crippen molar-refractivity contribution in [3.63, 3.8) is 0 Å². The predicted molar refractivity (Wildman–Crippen MR) is 63.1 cm³/mol. The Morgan fingerprint density at radius 2 is 2.06 bits per heavy atom. The van der Waals surface area contributed by atoms with Crippen LogP contribution in [0.15, 0.2) is 12.1 Å². The number of rotatable bonds is 1. The molecular weight excluding hydrogens is 221 g/mol. The first kappa shape index (κ1) is 12.0. The Kier molecular flexibility index (Phi) is 2.70. The topological polar surface area (TPSA) is 49.3 Å². The molecule has 1 aliphatic rings. The number of benzene rings is 1. The summed E-state index contributed by atoms with van der Waals surface area (Å²) < 4.78 is 13.4. The van der Waals surface area contributed by atoms with Crippen LogP contribution in [0, 0.1) is 11.2 Å². The summed E-state index contributed by atoms with van der Waals surface area (Å²) >= 11 is 0. The number of amides is 1. The molecule has 1 aromatic carbocycles. The van der Waals surface area contributed by atoms with E-state index in [0.29, 0.717) is 16.8 Å². The van der Waals surface area contributed by atoms with E-state index in [-0.39, 0.29) is 12.3 Å². The van der Waals surface area contributed by atoms with Crippen LogP contribution in [0.25, 0.3) is 0 Å². The third-order valence-electron chi connectivity index (χ3n) is 2.95. The molecule has 3 nitrogen and oxygen atoms in total. The smallest absolute Gasteiger partial charge is 0.228 e. The molecule has 2 rings (SSSR count). The second-order valence-electron chi connectivity index (χ2n) is 5.52. The van der Waals surface area contributed by atoms with Crippen LogP contribution in [-0.2, 0) is 11.2 Å². The van der Waals surface area contributed by atoms with Gasteiger partial charge in [-0.2, -0.15) is 0 Å². The Hall–Kier alpha value is -1.42. The number of hydrogen-bond donors (Lipinski definition) is 2. The fourth-order valence-corrected chi connectivity index (χ4v) is 2.02. The Morgan fingerprint density at radius 3 is 2.65 bits per heavy atom. The number of hydrogen-bond acceptors (Lipinski definition) is 2. The molecule has 0 fully saturated rings. The molecule has 1 atom stereocenters. The van der Waals surface area contributed by atoms with Gasteiger partial charge >= 0.3 is 0 Å². The zero-order valence-electron chi connectivity index (χ0n) is 10.2. The second kappa shape index (κ2) is 3.81. The minimum Gasteiger partial charge on any atom is -0.388 e. The highest BCUT2D eigenvalue weighted by atomic mass is 19.1. The highest BCUT2D eigenvalue weighted by Crippen LogP contribution is 2.40. The number of anilines is 1. The molecule has 0 radical (unpaired) electrons. The van der Waals surface area contributed by atoms with Gasteiger partial charge in [0.1, 0.15) is 5.82 Å². The summed E-state index contributed by atoms with van der Waals surface area (Å²) in [6.45, 7) is 5.60. The van der Waals surface area contributed by atoms with Gasteiger partial charge < -0.3 is 10.4 Å². The number of carbonyl (C=O) groups excluding carboxylic acids is 1. The van der Waals surface area contributed by atoms with Crippen molar-refractivity contribution in [1.29, 1.82) is 0 Å². The minimum atomic E-state index is -0.814. The van der Waals surface area contributed by atoms with E-state index in [0.717, 1.165) is 0 Å². The SMILES string of the molecule is CC(C)(C)C(O)c1cc(F)cc2c1NC(=O)C2. The van der Waals surface area contributed by atoms with Crippen molar-refractivity contribution >= 4 is 11.6 Å². The summed E-state index contributed by atoms with van der Waals surface area (Å²) in [5.41, 5.74) is 1.24. The standard InChI is InChI=1S/C13H16FNO2/c1-13(2,3)12(17)9-6-8(14)4-7-5-10(16)15-11(7)9/h4,6,12,17H,5H2,1-3H3,(H,15,16). The Labute approximate surface area is 99.7 Å². The van der Waals surface area contributed by atoms with Gasteiger partial charge in [0.15, 0.2) is 0 Å². The maximum absolute atomic E-state index is 13.4. The van der Waals surface area contributed by atoms with E-state index in [9.17, 15) is 14.3 Å². The molecule has 1 heterocycles. The number of carbonyl (C=O) groups is 1. The summed E-state index contributed by atoms with van der Waals surface area (Å²) in [7, 11) is 0. The summed E-state index contributed by atoms with van der Waals surface area (Å²) in [5.74, 6) is -0.577. The molecule has 0 spiro atoms. The number of fused-ring (bicyclic) bond motifs is 1. The van der Waals surface area contributed by atoms with Crippen LogP contribution in [-0.4, -0.2) is 11.0 Å². The molecule has 1 amide bonds. The maximum Gasteiger partial charge on any atom is 0.228 e. The van der Waals surface area contributed by atoms with E-state index in [2.05, 4.69) is 5.32 Å². The summed E-state index contributed by atoms with van der Waals surface area (Å²) in [6, 6.07) is 2.63. The fraction of sp³-hybridized carbons (Fsp3) is 0.462. The van der Waals surface area contributed by atoms with Crippen LogP contribution < -0.4 is 5.32 Å². The largest absolute Gasteiger partial charge is 0.388 e. The van der Waals surface area contributed by atoms with Gasteiger partial charge in [0.05, 0.1) is 18.2 Å². The lowest BCUT2D eigenvalue weighted by Gasteiger charge is -2.27. The first-order valence-electron chi connectivity index (χ1n) is 5.59. The van der Waals surface area contributed by atoms with Gasteiger partial charge in [-0.15, -0.1) is 0 Å². The van der Waals surface area contributed by atoms with Gasteiger partial charge in [-0.05, 0) is 23.1 Å². The molecule has 17 heavy (non-hydrogen) atoms. The van der Waals surface area contributed by atoms with Crippen molar-refractivity contribution in [1.82, 2.24) is 0 Å².